The molecule has 0 spiro atoms. The van der Waals surface area contributed by atoms with Gasteiger partial charge in [0.15, 0.2) is 5.82 Å². The average Bonchev–Trinajstić information content (AvgIpc) is 3.52. The number of fused-ring (bicyclic) bond motifs is 1. The summed E-state index contributed by atoms with van der Waals surface area (Å²) in [5, 5.41) is 10.4. The summed E-state index contributed by atoms with van der Waals surface area (Å²) in [6.07, 6.45) is -5.01. The highest BCUT2D eigenvalue weighted by Crippen LogP contribution is 2.51. The molecule has 2 aromatic heterocycles. The predicted molar refractivity (Wildman–Crippen MR) is 157 cm³/mol. The van der Waals surface area contributed by atoms with Gasteiger partial charge in [0, 0.05) is 57.7 Å². The molecule has 1 aliphatic carbocycles. The van der Waals surface area contributed by atoms with Crippen LogP contribution < -0.4 is 10.6 Å². The van der Waals surface area contributed by atoms with Gasteiger partial charge in [-0.25, -0.2) is 18.6 Å². The number of alkyl halides is 5. The molecule has 0 amide bonds. The first kappa shape index (κ1) is 31.9. The van der Waals surface area contributed by atoms with Crippen LogP contribution in [0.15, 0.2) is 29.1 Å². The average molecular weight is 639 g/mol. The second-order valence-electron chi connectivity index (χ2n) is 12.8. The lowest BCUT2D eigenvalue weighted by molar-refractivity contribution is -0.138. The number of piperazine rings is 1. The lowest BCUT2D eigenvalue weighted by atomic mass is 9.72. The van der Waals surface area contributed by atoms with Crippen molar-refractivity contribution >= 4 is 17.0 Å². The first-order valence-electron chi connectivity index (χ1n) is 15.5. The highest BCUT2D eigenvalue weighted by molar-refractivity contribution is 5.84. The van der Waals surface area contributed by atoms with Gasteiger partial charge in [-0.1, -0.05) is 19.1 Å². The highest BCUT2D eigenvalue weighted by atomic mass is 19.4. The Hall–Kier alpha value is -3.10. The summed E-state index contributed by atoms with van der Waals surface area (Å²) >= 11 is 0. The molecule has 1 N–H and O–H groups in total. The molecule has 1 aromatic carbocycles. The highest BCUT2D eigenvalue weighted by Gasteiger charge is 2.52. The normalized spacial score (nSPS) is 26.8. The topological polar surface area (TPSA) is 88.7 Å². The number of benzene rings is 1. The van der Waals surface area contributed by atoms with Crippen LogP contribution in [0.4, 0.5) is 27.8 Å². The van der Waals surface area contributed by atoms with Crippen LogP contribution in [0.3, 0.4) is 0 Å². The van der Waals surface area contributed by atoms with Crippen LogP contribution in [-0.4, -0.2) is 79.0 Å². The number of rotatable bonds is 7. The monoisotopic (exact) mass is 638 g/mol. The maximum absolute atomic E-state index is 14.1. The summed E-state index contributed by atoms with van der Waals surface area (Å²) in [5.74, 6) is -2.14. The molecule has 3 aliphatic rings. The Labute approximate surface area is 257 Å². The van der Waals surface area contributed by atoms with Crippen molar-refractivity contribution in [1.82, 2.24) is 24.0 Å². The minimum atomic E-state index is -4.50. The van der Waals surface area contributed by atoms with Crippen LogP contribution in [0, 0.1) is 12.8 Å². The van der Waals surface area contributed by atoms with E-state index in [1.807, 2.05) is 30.2 Å². The van der Waals surface area contributed by atoms with Crippen molar-refractivity contribution in [2.45, 2.75) is 95.4 Å². The van der Waals surface area contributed by atoms with Gasteiger partial charge in [0.25, 0.3) is 0 Å². The van der Waals surface area contributed by atoms with E-state index in [1.54, 1.807) is 7.05 Å². The number of aryl methyl sites for hydroxylation is 2. The first-order valence-corrected chi connectivity index (χ1v) is 15.5. The third kappa shape index (κ3) is 5.85. The number of nitrogens with zero attached hydrogens (tertiary/aromatic N) is 6. The Balaban J connectivity index is 1.34. The number of hydrogen-bond donors (Lipinski definition) is 1. The van der Waals surface area contributed by atoms with E-state index < -0.39 is 47.5 Å². The van der Waals surface area contributed by atoms with E-state index in [4.69, 9.17) is 9.72 Å². The van der Waals surface area contributed by atoms with Crippen molar-refractivity contribution in [2.24, 2.45) is 13.0 Å². The second-order valence-corrected chi connectivity index (χ2v) is 12.8. The number of aliphatic hydroxyl groups is 1. The Bertz CT molecular complexity index is 1600. The number of hydrogen-bond acceptors (Lipinski definition) is 7. The van der Waals surface area contributed by atoms with Crippen LogP contribution in [0.1, 0.15) is 62.5 Å². The Morgan fingerprint density at radius 3 is 2.40 bits per heavy atom. The minimum absolute atomic E-state index is 0.158. The van der Waals surface area contributed by atoms with Crippen molar-refractivity contribution in [2.75, 3.05) is 24.6 Å². The SMILES string of the molecule is CC[C@@H]1CN(c2nc(=O)n(C)c3c2nc(C)n3C[C@H]2OCC[C@@H]2O)[C@@H](C)CN1C(c1ccc(C(F)(F)F)cc1)C1CC(F)(F)C1. The van der Waals surface area contributed by atoms with E-state index in [2.05, 4.69) is 9.88 Å². The second kappa shape index (κ2) is 11.6. The molecule has 0 bridgehead atoms. The van der Waals surface area contributed by atoms with E-state index >= 15 is 0 Å². The van der Waals surface area contributed by atoms with Crippen molar-refractivity contribution < 1.29 is 31.8 Å². The Morgan fingerprint density at radius 2 is 1.82 bits per heavy atom. The third-order valence-electron chi connectivity index (χ3n) is 9.82. The Morgan fingerprint density at radius 1 is 1.13 bits per heavy atom. The number of aromatic nitrogens is 4. The van der Waals surface area contributed by atoms with Gasteiger partial charge in [-0.15, -0.1) is 0 Å². The van der Waals surface area contributed by atoms with Gasteiger partial charge in [0.2, 0.25) is 5.92 Å². The summed E-state index contributed by atoms with van der Waals surface area (Å²) < 4.78 is 77.3. The van der Waals surface area contributed by atoms with Crippen LogP contribution in [0.5, 0.6) is 0 Å². The molecule has 246 valence electrons. The molecular weight excluding hydrogens is 599 g/mol. The van der Waals surface area contributed by atoms with E-state index in [0.29, 0.717) is 67.5 Å². The first-order chi connectivity index (χ1) is 21.2. The van der Waals surface area contributed by atoms with Crippen molar-refractivity contribution in [3.63, 3.8) is 0 Å². The van der Waals surface area contributed by atoms with Gasteiger partial charge in [-0.2, -0.15) is 18.2 Å². The summed E-state index contributed by atoms with van der Waals surface area (Å²) in [7, 11) is 1.63. The molecule has 3 fully saturated rings. The zero-order valence-electron chi connectivity index (χ0n) is 25.8. The molecular formula is C31H39F5N6O3. The van der Waals surface area contributed by atoms with Gasteiger partial charge >= 0.3 is 11.9 Å². The molecule has 45 heavy (non-hydrogen) atoms. The quantitative estimate of drug-likeness (QED) is 0.376. The number of ether oxygens (including phenoxy) is 1. The van der Waals surface area contributed by atoms with Crippen LogP contribution in [0.2, 0.25) is 0 Å². The van der Waals surface area contributed by atoms with Crippen LogP contribution >= 0.6 is 0 Å². The molecule has 9 nitrogen and oxygen atoms in total. The van der Waals surface area contributed by atoms with E-state index in [1.165, 1.54) is 16.7 Å². The maximum Gasteiger partial charge on any atom is 0.416 e. The fraction of sp³-hybridized carbons (Fsp3) is 0.645. The summed E-state index contributed by atoms with van der Waals surface area (Å²) in [5.41, 5.74) is 0.442. The van der Waals surface area contributed by atoms with Crippen LogP contribution in [0.25, 0.3) is 11.2 Å². The fourth-order valence-electron chi connectivity index (χ4n) is 7.36. The molecule has 6 rings (SSSR count). The Kier molecular flexibility index (Phi) is 8.22. The molecule has 1 unspecified atom stereocenters. The van der Waals surface area contributed by atoms with Crippen molar-refractivity contribution in [3.05, 3.63) is 51.7 Å². The summed E-state index contributed by atoms with van der Waals surface area (Å²) in [4.78, 5) is 26.7. The smallest absolute Gasteiger partial charge is 0.390 e. The standard InChI is InChI=1S/C31H39F5N6O3/c1-5-22-15-40(27-25-28(39(4)29(44)38-27)41(18(3)37-25)16-24-23(43)10-11-45-24)17(2)14-42(22)26(20-12-30(32,33)13-20)19-6-8-21(9-7-19)31(34,35)36/h6-9,17,20,22-24,26,43H,5,10-16H2,1-4H3/t17-,22+,23-,24+,26?/m0/s1. The zero-order valence-corrected chi connectivity index (χ0v) is 25.8. The van der Waals surface area contributed by atoms with E-state index in [-0.39, 0.29) is 24.9 Å². The minimum Gasteiger partial charge on any atom is -0.390 e. The van der Waals surface area contributed by atoms with Crippen molar-refractivity contribution in [1.29, 1.82) is 0 Å². The van der Waals surface area contributed by atoms with Gasteiger partial charge in [-0.3, -0.25) is 9.47 Å². The van der Waals surface area contributed by atoms with Gasteiger partial charge in [-0.05, 0) is 50.3 Å². The van der Waals surface area contributed by atoms with Gasteiger partial charge < -0.3 is 19.3 Å². The summed E-state index contributed by atoms with van der Waals surface area (Å²) in [6.45, 7) is 7.40. The zero-order chi connectivity index (χ0) is 32.4. The molecule has 3 aromatic rings. The van der Waals surface area contributed by atoms with E-state index in [0.717, 1.165) is 12.1 Å². The molecule has 0 radical (unpaired) electrons. The van der Waals surface area contributed by atoms with Crippen molar-refractivity contribution in [3.8, 4) is 0 Å². The number of imidazole rings is 1. The fourth-order valence-corrected chi connectivity index (χ4v) is 7.36. The largest absolute Gasteiger partial charge is 0.416 e. The molecule has 14 heteroatoms. The molecule has 2 aliphatic heterocycles. The summed E-state index contributed by atoms with van der Waals surface area (Å²) in [6, 6.07) is 4.01. The molecule has 1 saturated carbocycles. The van der Waals surface area contributed by atoms with Gasteiger partial charge in [0.05, 0.1) is 18.2 Å². The van der Waals surface area contributed by atoms with Gasteiger partial charge in [0.1, 0.15) is 23.1 Å². The lowest BCUT2D eigenvalue weighted by Crippen LogP contribution is -2.60. The third-order valence-corrected chi connectivity index (χ3v) is 9.82. The molecule has 2 saturated heterocycles. The number of halogens is 5. The number of anilines is 1. The lowest BCUT2D eigenvalue weighted by Gasteiger charge is -2.53. The molecule has 5 atom stereocenters. The van der Waals surface area contributed by atoms with Crippen LogP contribution in [-0.2, 0) is 24.5 Å². The number of aliphatic hydroxyl groups excluding tert-OH is 1. The molecule has 4 heterocycles. The predicted octanol–water partition coefficient (Wildman–Crippen LogP) is 4.68. The maximum atomic E-state index is 14.1. The van der Waals surface area contributed by atoms with E-state index in [9.17, 15) is 31.9 Å².